The van der Waals surface area contributed by atoms with Crippen LogP contribution in [0.5, 0.6) is 6.01 Å². The minimum Gasteiger partial charge on any atom is -0.459 e. The number of thiazole rings is 1. The number of nitriles is 1. The summed E-state index contributed by atoms with van der Waals surface area (Å²) in [5.41, 5.74) is 4.63. The van der Waals surface area contributed by atoms with Gasteiger partial charge in [0.25, 0.3) is 0 Å². The summed E-state index contributed by atoms with van der Waals surface area (Å²) in [6, 6.07) is 16.7. The van der Waals surface area contributed by atoms with Crippen molar-refractivity contribution >= 4 is 21.7 Å². The van der Waals surface area contributed by atoms with Crippen molar-refractivity contribution in [3.8, 4) is 12.1 Å². The molecule has 0 N–H and O–H groups in total. The van der Waals surface area contributed by atoms with E-state index in [0.717, 1.165) is 60.9 Å². The lowest BCUT2D eigenvalue weighted by atomic mass is 10.1. The Morgan fingerprint density at radius 1 is 0.972 bits per heavy atom. The lowest BCUT2D eigenvalue weighted by Crippen LogP contribution is -2.45. The summed E-state index contributed by atoms with van der Waals surface area (Å²) in [5.74, 6) is -0.603. The minimum absolute atomic E-state index is 0.251. The fraction of sp³-hybridized carbons (Fsp3) is 0.370. The van der Waals surface area contributed by atoms with Crippen LogP contribution in [0.4, 0.5) is 0 Å². The molecule has 5 rings (SSSR count). The Bertz CT molecular complexity index is 1360. The van der Waals surface area contributed by atoms with Gasteiger partial charge in [0.15, 0.2) is 0 Å². The van der Waals surface area contributed by atoms with Gasteiger partial charge in [-0.25, -0.2) is 15.0 Å². The molecule has 1 aliphatic rings. The smallest absolute Gasteiger partial charge is 0.316 e. The molecule has 1 aliphatic heterocycles. The average molecular weight is 500 g/mol. The van der Waals surface area contributed by atoms with E-state index in [1.165, 1.54) is 16.9 Å². The van der Waals surface area contributed by atoms with Crippen LogP contribution in [0.3, 0.4) is 0 Å². The summed E-state index contributed by atoms with van der Waals surface area (Å²) in [7, 11) is 0. The van der Waals surface area contributed by atoms with Crippen LogP contribution in [-0.4, -0.2) is 62.5 Å². The second-order valence-electron chi connectivity index (χ2n) is 8.97. The number of pyridine rings is 1. The van der Waals surface area contributed by atoms with E-state index in [2.05, 4.69) is 67.0 Å². The van der Waals surface area contributed by atoms with Crippen molar-refractivity contribution in [2.24, 2.45) is 0 Å². The maximum Gasteiger partial charge on any atom is 0.316 e. The molecule has 1 atom stereocenters. The molecule has 9 heteroatoms. The average Bonchev–Trinajstić information content (AvgIpc) is 3.32. The van der Waals surface area contributed by atoms with Crippen LogP contribution >= 0.6 is 11.3 Å². The standard InChI is InChI=1S/C27H29N7OS/c1-3-33-12-14-34(15-13-33)17-20-5-7-21(8-6-20)18-35-27-29-11-10-23(32-27)22(16-28)25-31-24-9-4-19(2)30-26(24)36-25/h4-11,22H,3,12-15,17-18H2,1-2H3. The molecule has 36 heavy (non-hydrogen) atoms. The Hall–Kier alpha value is -3.45. The third-order valence-corrected chi connectivity index (χ3v) is 7.48. The highest BCUT2D eigenvalue weighted by molar-refractivity contribution is 7.18. The quantitative estimate of drug-likeness (QED) is 0.357. The summed E-state index contributed by atoms with van der Waals surface area (Å²) in [4.78, 5) is 23.7. The number of aryl methyl sites for hydroxylation is 1. The number of fused-ring (bicyclic) bond motifs is 1. The number of rotatable bonds is 8. The van der Waals surface area contributed by atoms with Gasteiger partial charge in [0.1, 0.15) is 27.9 Å². The van der Waals surface area contributed by atoms with Gasteiger partial charge in [0.2, 0.25) is 0 Å². The van der Waals surface area contributed by atoms with Gasteiger partial charge >= 0.3 is 6.01 Å². The van der Waals surface area contributed by atoms with Crippen molar-refractivity contribution < 1.29 is 4.74 Å². The Balaban J connectivity index is 1.21. The Labute approximate surface area is 215 Å². The minimum atomic E-state index is -0.603. The summed E-state index contributed by atoms with van der Waals surface area (Å²) in [6.45, 7) is 11.1. The third-order valence-electron chi connectivity index (χ3n) is 6.45. The SMILES string of the molecule is CCN1CCN(Cc2ccc(COc3nccc(C(C#N)c4nc5ccc(C)nc5s4)n3)cc2)CC1. The Morgan fingerprint density at radius 3 is 2.47 bits per heavy atom. The van der Waals surface area contributed by atoms with E-state index < -0.39 is 5.92 Å². The fourth-order valence-corrected chi connectivity index (χ4v) is 5.33. The molecule has 0 spiro atoms. The molecule has 4 heterocycles. The van der Waals surface area contributed by atoms with Crippen LogP contribution < -0.4 is 4.74 Å². The number of hydrogen-bond donors (Lipinski definition) is 0. The van der Waals surface area contributed by atoms with Gasteiger partial charge in [0.05, 0.1) is 11.8 Å². The monoisotopic (exact) mass is 499 g/mol. The highest BCUT2D eigenvalue weighted by atomic mass is 32.1. The van der Waals surface area contributed by atoms with Crippen molar-refractivity contribution in [2.45, 2.75) is 32.9 Å². The normalized spacial score (nSPS) is 15.6. The fourth-order valence-electron chi connectivity index (χ4n) is 4.29. The molecule has 184 valence electrons. The van der Waals surface area contributed by atoms with Crippen LogP contribution in [0.1, 0.15) is 40.4 Å². The summed E-state index contributed by atoms with van der Waals surface area (Å²) in [5, 5.41) is 10.5. The lowest BCUT2D eigenvalue weighted by Gasteiger charge is -2.34. The molecular formula is C27H29N7OS. The van der Waals surface area contributed by atoms with Crippen LogP contribution in [0, 0.1) is 18.3 Å². The van der Waals surface area contributed by atoms with Crippen molar-refractivity contribution in [1.82, 2.24) is 29.7 Å². The van der Waals surface area contributed by atoms with E-state index in [9.17, 15) is 5.26 Å². The number of benzene rings is 1. The van der Waals surface area contributed by atoms with E-state index in [1.54, 1.807) is 12.3 Å². The maximum absolute atomic E-state index is 9.87. The van der Waals surface area contributed by atoms with Gasteiger partial charge in [-0.3, -0.25) is 4.90 Å². The molecule has 1 fully saturated rings. The number of ether oxygens (including phenoxy) is 1. The van der Waals surface area contributed by atoms with Crippen LogP contribution in [0.15, 0.2) is 48.7 Å². The van der Waals surface area contributed by atoms with Crippen molar-refractivity contribution in [1.29, 1.82) is 5.26 Å². The van der Waals surface area contributed by atoms with Gasteiger partial charge in [-0.15, -0.1) is 0 Å². The van der Waals surface area contributed by atoms with E-state index >= 15 is 0 Å². The number of nitrogens with zero attached hydrogens (tertiary/aromatic N) is 7. The first-order valence-electron chi connectivity index (χ1n) is 12.2. The second-order valence-corrected chi connectivity index (χ2v) is 9.98. The highest BCUT2D eigenvalue weighted by Crippen LogP contribution is 2.30. The molecule has 3 aromatic heterocycles. The highest BCUT2D eigenvalue weighted by Gasteiger charge is 2.21. The zero-order valence-electron chi connectivity index (χ0n) is 20.6. The molecule has 0 radical (unpaired) electrons. The Kier molecular flexibility index (Phi) is 7.47. The second kappa shape index (κ2) is 11.1. The molecule has 0 saturated carbocycles. The maximum atomic E-state index is 9.87. The summed E-state index contributed by atoms with van der Waals surface area (Å²) >= 11 is 1.42. The summed E-state index contributed by atoms with van der Waals surface area (Å²) < 4.78 is 5.87. The van der Waals surface area contributed by atoms with Crippen LogP contribution in [0.25, 0.3) is 10.3 Å². The number of likely N-dealkylation sites (N-methyl/N-ethyl adjacent to an activating group) is 1. The molecule has 0 aliphatic carbocycles. The molecule has 8 nitrogen and oxygen atoms in total. The first kappa shape index (κ1) is 24.3. The van der Waals surface area contributed by atoms with Gasteiger partial charge in [0, 0.05) is 44.6 Å². The molecule has 1 unspecified atom stereocenters. The molecule has 4 aromatic rings. The van der Waals surface area contributed by atoms with E-state index in [1.807, 2.05) is 19.1 Å². The van der Waals surface area contributed by atoms with Crippen LogP contribution in [-0.2, 0) is 13.2 Å². The molecular weight excluding hydrogens is 470 g/mol. The van der Waals surface area contributed by atoms with Gasteiger partial charge in [-0.05, 0) is 42.8 Å². The lowest BCUT2D eigenvalue weighted by molar-refractivity contribution is 0.132. The zero-order chi connectivity index (χ0) is 24.9. The Morgan fingerprint density at radius 2 is 1.72 bits per heavy atom. The van der Waals surface area contributed by atoms with Crippen LogP contribution in [0.2, 0.25) is 0 Å². The zero-order valence-corrected chi connectivity index (χ0v) is 21.4. The van der Waals surface area contributed by atoms with E-state index in [-0.39, 0.29) is 6.01 Å². The number of aromatic nitrogens is 4. The topological polar surface area (TPSA) is 91.1 Å². The van der Waals surface area contributed by atoms with Gasteiger partial charge in [-0.1, -0.05) is 42.5 Å². The van der Waals surface area contributed by atoms with E-state index in [4.69, 9.17) is 4.74 Å². The molecule has 0 amide bonds. The molecule has 1 saturated heterocycles. The predicted molar refractivity (Wildman–Crippen MR) is 140 cm³/mol. The van der Waals surface area contributed by atoms with E-state index in [0.29, 0.717) is 17.3 Å². The largest absolute Gasteiger partial charge is 0.459 e. The number of piperazine rings is 1. The first-order valence-corrected chi connectivity index (χ1v) is 13.0. The van der Waals surface area contributed by atoms with Gasteiger partial charge in [-0.2, -0.15) is 10.2 Å². The molecule has 0 bridgehead atoms. The number of hydrogen-bond acceptors (Lipinski definition) is 9. The first-order chi connectivity index (χ1) is 17.6. The third kappa shape index (κ3) is 5.68. The van der Waals surface area contributed by atoms with Gasteiger partial charge < -0.3 is 9.64 Å². The van der Waals surface area contributed by atoms with Crippen molar-refractivity contribution in [3.63, 3.8) is 0 Å². The van der Waals surface area contributed by atoms with Crippen molar-refractivity contribution in [2.75, 3.05) is 32.7 Å². The predicted octanol–water partition coefficient (Wildman–Crippen LogP) is 4.16. The summed E-state index contributed by atoms with van der Waals surface area (Å²) in [6.07, 6.45) is 1.62. The van der Waals surface area contributed by atoms with Crippen molar-refractivity contribution in [3.05, 3.63) is 76.2 Å². The molecule has 1 aromatic carbocycles.